The predicted octanol–water partition coefficient (Wildman–Crippen LogP) is 4.51. The predicted molar refractivity (Wildman–Crippen MR) is 121 cm³/mol. The third kappa shape index (κ3) is 2.99. The molecule has 0 radical (unpaired) electrons. The molecule has 2 heterocycles. The fraction of sp³-hybridized carbons (Fsp3) is 0.231. The lowest BCUT2D eigenvalue weighted by Gasteiger charge is -2.27. The first-order valence-electron chi connectivity index (χ1n) is 10.7. The molecule has 1 saturated heterocycles. The van der Waals surface area contributed by atoms with Gasteiger partial charge in [0.1, 0.15) is 5.92 Å². The Bertz CT molecular complexity index is 1180. The Labute approximate surface area is 186 Å². The van der Waals surface area contributed by atoms with Crippen LogP contribution >= 0.6 is 0 Å². The highest BCUT2D eigenvalue weighted by Gasteiger charge is 2.67. The Kier molecular flexibility index (Phi) is 4.94. The normalized spacial score (nSPS) is 23.8. The lowest BCUT2D eigenvalue weighted by atomic mass is 9.76. The molecule has 0 saturated carbocycles. The minimum absolute atomic E-state index is 0.209. The molecule has 6 nitrogen and oxygen atoms in total. The van der Waals surface area contributed by atoms with Crippen LogP contribution in [-0.2, 0) is 24.8 Å². The van der Waals surface area contributed by atoms with Gasteiger partial charge in [-0.15, -0.1) is 0 Å². The molecule has 0 aromatic heterocycles. The van der Waals surface area contributed by atoms with Crippen molar-refractivity contribution in [3.05, 3.63) is 95.6 Å². The average molecular weight is 428 g/mol. The van der Waals surface area contributed by atoms with Crippen LogP contribution in [0.5, 0.6) is 0 Å². The molecule has 6 heteroatoms. The number of hydrogen-bond donors (Lipinski definition) is 1. The maximum atomic E-state index is 13.5. The van der Waals surface area contributed by atoms with Crippen molar-refractivity contribution in [2.45, 2.75) is 25.5 Å². The second kappa shape index (κ2) is 7.80. The van der Waals surface area contributed by atoms with Crippen LogP contribution in [0.2, 0.25) is 0 Å². The molecule has 2 aliphatic rings. The summed E-state index contributed by atoms with van der Waals surface area (Å²) in [5, 5.41) is 4.61. The van der Waals surface area contributed by atoms with E-state index < -0.39 is 23.5 Å². The van der Waals surface area contributed by atoms with Crippen LogP contribution in [0, 0.1) is 12.8 Å². The van der Waals surface area contributed by atoms with Gasteiger partial charge in [-0.05, 0) is 37.6 Å². The molecule has 1 spiro atoms. The van der Waals surface area contributed by atoms with Gasteiger partial charge in [-0.3, -0.25) is 14.4 Å². The zero-order chi connectivity index (χ0) is 22.3. The van der Waals surface area contributed by atoms with Crippen molar-refractivity contribution in [2.24, 2.45) is 5.92 Å². The molecule has 3 aromatic carbocycles. The molecule has 5 rings (SSSR count). The van der Waals surface area contributed by atoms with E-state index >= 15 is 0 Å². The van der Waals surface area contributed by atoms with Gasteiger partial charge in [0, 0.05) is 11.3 Å². The number of nitrogens with zero attached hydrogens (tertiary/aromatic N) is 1. The number of benzene rings is 3. The maximum absolute atomic E-state index is 13.5. The van der Waals surface area contributed by atoms with Gasteiger partial charge in [0.15, 0.2) is 0 Å². The van der Waals surface area contributed by atoms with Crippen LogP contribution in [0.3, 0.4) is 0 Å². The van der Waals surface area contributed by atoms with E-state index in [4.69, 9.17) is 9.57 Å². The standard InChI is InChI=1S/C26H24N2O4/c1-3-31-24(29)22-23(18-11-9-10-17(2)16-18)28(19-12-5-4-6-13-19)32-26(22)20-14-7-8-15-21(20)27-25(26)30/h4-16,22-23H,3H2,1-2H3,(H,27,30). The Morgan fingerprint density at radius 3 is 2.56 bits per heavy atom. The second-order valence-electron chi connectivity index (χ2n) is 8.08. The number of carbonyl (C=O) groups is 2. The summed E-state index contributed by atoms with van der Waals surface area (Å²) in [5.41, 5.74) is 2.43. The molecule has 1 amide bonds. The Balaban J connectivity index is 1.77. The third-order valence-electron chi connectivity index (χ3n) is 6.10. The Hall–Kier alpha value is -3.64. The number of aryl methyl sites for hydroxylation is 1. The van der Waals surface area contributed by atoms with Crippen molar-refractivity contribution in [3.63, 3.8) is 0 Å². The van der Waals surface area contributed by atoms with Gasteiger partial charge >= 0.3 is 5.97 Å². The fourth-order valence-corrected chi connectivity index (χ4v) is 4.78. The number of esters is 1. The number of hydroxylamine groups is 1. The van der Waals surface area contributed by atoms with Crippen LogP contribution < -0.4 is 10.4 Å². The van der Waals surface area contributed by atoms with Crippen molar-refractivity contribution >= 4 is 23.3 Å². The number of fused-ring (bicyclic) bond motifs is 2. The average Bonchev–Trinajstić information content (AvgIpc) is 3.31. The molecular formula is C26H24N2O4. The smallest absolute Gasteiger partial charge is 0.315 e. The van der Waals surface area contributed by atoms with Gasteiger partial charge in [-0.25, -0.2) is 5.06 Å². The van der Waals surface area contributed by atoms with Crippen molar-refractivity contribution in [1.82, 2.24) is 0 Å². The largest absolute Gasteiger partial charge is 0.466 e. The van der Waals surface area contributed by atoms with Crippen molar-refractivity contribution < 1.29 is 19.2 Å². The molecule has 3 unspecified atom stereocenters. The summed E-state index contributed by atoms with van der Waals surface area (Å²) in [5.74, 6) is -1.75. The SMILES string of the molecule is CCOC(=O)C1C(c2cccc(C)c2)N(c2ccccc2)OC12C(=O)Nc1ccccc12. The molecule has 32 heavy (non-hydrogen) atoms. The molecule has 162 valence electrons. The zero-order valence-corrected chi connectivity index (χ0v) is 17.9. The maximum Gasteiger partial charge on any atom is 0.315 e. The van der Waals surface area contributed by atoms with Crippen molar-refractivity contribution in [1.29, 1.82) is 0 Å². The molecule has 3 atom stereocenters. The number of hydrogen-bond acceptors (Lipinski definition) is 5. The first-order valence-corrected chi connectivity index (χ1v) is 10.7. The van der Waals surface area contributed by atoms with E-state index in [0.29, 0.717) is 11.3 Å². The number of carbonyl (C=O) groups excluding carboxylic acids is 2. The summed E-state index contributed by atoms with van der Waals surface area (Å²) in [4.78, 5) is 33.6. The number of anilines is 2. The third-order valence-corrected chi connectivity index (χ3v) is 6.10. The van der Waals surface area contributed by atoms with Crippen LogP contribution in [0.15, 0.2) is 78.9 Å². The summed E-state index contributed by atoms with van der Waals surface area (Å²) in [6, 6.07) is 24.2. The van der Waals surface area contributed by atoms with Gasteiger partial charge in [-0.2, -0.15) is 0 Å². The molecule has 0 aliphatic carbocycles. The first kappa shape index (κ1) is 20.3. The highest BCUT2D eigenvalue weighted by Crippen LogP contribution is 2.57. The molecule has 3 aromatic rings. The molecule has 0 bridgehead atoms. The van der Waals surface area contributed by atoms with E-state index in [9.17, 15) is 9.59 Å². The summed E-state index contributed by atoms with van der Waals surface area (Å²) in [7, 11) is 0. The van der Waals surface area contributed by atoms with Gasteiger partial charge in [0.25, 0.3) is 5.91 Å². The van der Waals surface area contributed by atoms with Crippen LogP contribution in [0.1, 0.15) is 29.7 Å². The molecule has 2 aliphatic heterocycles. The summed E-state index contributed by atoms with van der Waals surface area (Å²) < 4.78 is 5.52. The van der Waals surface area contributed by atoms with E-state index in [-0.39, 0.29) is 12.5 Å². The van der Waals surface area contributed by atoms with E-state index in [1.807, 2.05) is 85.8 Å². The topological polar surface area (TPSA) is 67.9 Å². The molecule has 1 fully saturated rings. The second-order valence-corrected chi connectivity index (χ2v) is 8.08. The van der Waals surface area contributed by atoms with Gasteiger partial charge in [0.2, 0.25) is 5.60 Å². The number of ether oxygens (including phenoxy) is 1. The van der Waals surface area contributed by atoms with Gasteiger partial charge in [0.05, 0.1) is 18.3 Å². The van der Waals surface area contributed by atoms with E-state index in [0.717, 1.165) is 16.8 Å². The summed E-state index contributed by atoms with van der Waals surface area (Å²) in [6.45, 7) is 3.97. The number of nitrogens with one attached hydrogen (secondary N) is 1. The fourth-order valence-electron chi connectivity index (χ4n) is 4.78. The van der Waals surface area contributed by atoms with Crippen molar-refractivity contribution in [3.8, 4) is 0 Å². The molecule has 1 N–H and O–H groups in total. The minimum Gasteiger partial charge on any atom is -0.466 e. The highest BCUT2D eigenvalue weighted by atomic mass is 16.7. The zero-order valence-electron chi connectivity index (χ0n) is 17.9. The van der Waals surface area contributed by atoms with E-state index in [2.05, 4.69) is 5.32 Å². The van der Waals surface area contributed by atoms with E-state index in [1.165, 1.54) is 0 Å². The van der Waals surface area contributed by atoms with E-state index in [1.54, 1.807) is 12.0 Å². The lowest BCUT2D eigenvalue weighted by molar-refractivity contribution is -0.161. The Morgan fingerprint density at radius 2 is 1.81 bits per heavy atom. The number of amides is 1. The molecular weight excluding hydrogens is 404 g/mol. The number of rotatable bonds is 4. The minimum atomic E-state index is -1.53. The van der Waals surface area contributed by atoms with Gasteiger partial charge < -0.3 is 10.1 Å². The lowest BCUT2D eigenvalue weighted by Crippen LogP contribution is -2.45. The Morgan fingerprint density at radius 1 is 1.06 bits per heavy atom. The first-order chi connectivity index (χ1) is 15.6. The number of para-hydroxylation sites is 2. The highest BCUT2D eigenvalue weighted by molar-refractivity contribution is 6.08. The van der Waals surface area contributed by atoms with Crippen LogP contribution in [-0.4, -0.2) is 18.5 Å². The quantitative estimate of drug-likeness (QED) is 0.619. The summed E-state index contributed by atoms with van der Waals surface area (Å²) >= 11 is 0. The van der Waals surface area contributed by atoms with Crippen LogP contribution in [0.25, 0.3) is 0 Å². The summed E-state index contributed by atoms with van der Waals surface area (Å²) in [6.07, 6.45) is 0. The van der Waals surface area contributed by atoms with Crippen LogP contribution in [0.4, 0.5) is 11.4 Å². The van der Waals surface area contributed by atoms with Gasteiger partial charge in [-0.1, -0.05) is 66.2 Å². The monoisotopic (exact) mass is 428 g/mol. The van der Waals surface area contributed by atoms with Crippen molar-refractivity contribution in [2.75, 3.05) is 17.0 Å².